The third-order valence-electron chi connectivity index (χ3n) is 4.73. The number of nitrogens with zero attached hydrogens (tertiary/aromatic N) is 3. The molecule has 1 heterocycles. The van der Waals surface area contributed by atoms with Gasteiger partial charge < -0.3 is 10.4 Å². The highest BCUT2D eigenvalue weighted by atomic mass is 35.5. The Morgan fingerprint density at radius 2 is 2.16 bits per heavy atom. The number of hydrogen-bond donors (Lipinski definition) is 3. The van der Waals surface area contributed by atoms with Gasteiger partial charge in [-0.15, -0.1) is 0 Å². The number of carbonyl (C=O) groups is 2. The normalized spacial score (nSPS) is 17.5. The van der Waals surface area contributed by atoms with Crippen molar-refractivity contribution in [2.75, 3.05) is 5.32 Å². The lowest BCUT2D eigenvalue weighted by molar-refractivity contribution is -0.384. The van der Waals surface area contributed by atoms with Gasteiger partial charge in [-0.25, -0.2) is 5.43 Å². The lowest BCUT2D eigenvalue weighted by atomic mass is 9.87. The molecule has 0 bridgehead atoms. The van der Waals surface area contributed by atoms with Crippen molar-refractivity contribution in [1.29, 1.82) is 5.26 Å². The smallest absolute Gasteiger partial charge is 0.270 e. The molecule has 2 aromatic rings. The SMILES string of the molecule is Cc1cc(Cl)cc2c1NC(=O)[C@]2(O)C/C(=N/NC(=O)CC#N)c1cccc([N+](=O)[O-])c1. The van der Waals surface area contributed by atoms with Crippen LogP contribution < -0.4 is 10.7 Å². The molecule has 2 aromatic carbocycles. The first-order chi connectivity index (χ1) is 14.7. The Morgan fingerprint density at radius 3 is 2.84 bits per heavy atom. The number of carbonyl (C=O) groups excluding carboxylic acids is 2. The molecule has 0 fully saturated rings. The van der Waals surface area contributed by atoms with Crippen LogP contribution in [-0.2, 0) is 15.2 Å². The summed E-state index contributed by atoms with van der Waals surface area (Å²) in [6.45, 7) is 1.72. The van der Waals surface area contributed by atoms with Gasteiger partial charge in [-0.1, -0.05) is 23.7 Å². The summed E-state index contributed by atoms with van der Waals surface area (Å²) in [7, 11) is 0. The molecule has 0 aliphatic carbocycles. The summed E-state index contributed by atoms with van der Waals surface area (Å²) in [5.74, 6) is -1.44. The Morgan fingerprint density at radius 1 is 1.42 bits per heavy atom. The lowest BCUT2D eigenvalue weighted by Gasteiger charge is -2.22. The molecule has 3 rings (SSSR count). The maximum Gasteiger partial charge on any atom is 0.270 e. The second-order valence-electron chi connectivity index (χ2n) is 6.87. The molecule has 0 unspecified atom stereocenters. The summed E-state index contributed by atoms with van der Waals surface area (Å²) in [5, 5.41) is 38.0. The minimum atomic E-state index is -2.09. The number of non-ortho nitro benzene ring substituents is 1. The van der Waals surface area contributed by atoms with E-state index in [-0.39, 0.29) is 22.5 Å². The number of hydrazone groups is 1. The molecular formula is C20H16ClN5O5. The third-order valence-corrected chi connectivity index (χ3v) is 4.95. The van der Waals surface area contributed by atoms with Crippen LogP contribution in [-0.4, -0.2) is 27.6 Å². The van der Waals surface area contributed by atoms with Crippen LogP contribution in [0.4, 0.5) is 11.4 Å². The highest BCUT2D eigenvalue weighted by Crippen LogP contribution is 2.42. The van der Waals surface area contributed by atoms with Gasteiger partial charge in [0.15, 0.2) is 5.60 Å². The topological polar surface area (TPSA) is 158 Å². The van der Waals surface area contributed by atoms with E-state index in [1.54, 1.807) is 19.1 Å². The quantitative estimate of drug-likeness (QED) is 0.355. The molecule has 1 aliphatic heterocycles. The molecule has 3 N–H and O–H groups in total. The average molecular weight is 442 g/mol. The van der Waals surface area contributed by atoms with E-state index in [0.29, 0.717) is 16.3 Å². The van der Waals surface area contributed by atoms with Gasteiger partial charge in [-0.3, -0.25) is 19.7 Å². The highest BCUT2D eigenvalue weighted by Gasteiger charge is 2.47. The Labute approximate surface area is 181 Å². The number of amides is 2. The Balaban J connectivity index is 2.07. The Bertz CT molecular complexity index is 1170. The Hall–Kier alpha value is -3.81. The van der Waals surface area contributed by atoms with E-state index in [2.05, 4.69) is 15.8 Å². The van der Waals surface area contributed by atoms with E-state index in [0.717, 1.165) is 0 Å². The van der Waals surface area contributed by atoms with Crippen LogP contribution in [0.2, 0.25) is 5.02 Å². The summed E-state index contributed by atoms with van der Waals surface area (Å²) in [6.07, 6.45) is -0.881. The Kier molecular flexibility index (Phi) is 6.01. The molecule has 31 heavy (non-hydrogen) atoms. The number of anilines is 1. The van der Waals surface area contributed by atoms with Gasteiger partial charge >= 0.3 is 0 Å². The standard InChI is InChI=1S/C20H16ClN5O5/c1-11-7-13(21)9-15-18(11)23-19(28)20(15,29)10-16(24-25-17(27)5-6-22)12-3-2-4-14(8-12)26(30)31/h2-4,7-9,29H,5,10H2,1H3,(H,23,28)(H,25,27)/b24-16-/t20-/m0/s1. The van der Waals surface area contributed by atoms with Crippen LogP contribution >= 0.6 is 11.6 Å². The molecule has 0 aromatic heterocycles. The fraction of sp³-hybridized carbons (Fsp3) is 0.200. The molecule has 10 nitrogen and oxygen atoms in total. The van der Waals surface area contributed by atoms with Crippen molar-refractivity contribution >= 4 is 40.5 Å². The first-order valence-electron chi connectivity index (χ1n) is 8.97. The van der Waals surface area contributed by atoms with E-state index in [1.165, 1.54) is 30.3 Å². The summed E-state index contributed by atoms with van der Waals surface area (Å²) >= 11 is 6.11. The van der Waals surface area contributed by atoms with E-state index >= 15 is 0 Å². The van der Waals surface area contributed by atoms with Crippen molar-refractivity contribution in [3.63, 3.8) is 0 Å². The number of nitro groups is 1. The van der Waals surface area contributed by atoms with Crippen molar-refractivity contribution < 1.29 is 19.6 Å². The van der Waals surface area contributed by atoms with Crippen molar-refractivity contribution in [2.24, 2.45) is 5.10 Å². The molecular weight excluding hydrogens is 426 g/mol. The number of halogens is 1. The van der Waals surface area contributed by atoms with E-state index in [1.807, 2.05) is 0 Å². The molecule has 11 heteroatoms. The van der Waals surface area contributed by atoms with E-state index in [4.69, 9.17) is 16.9 Å². The number of benzene rings is 2. The van der Waals surface area contributed by atoms with Gasteiger partial charge in [0.1, 0.15) is 6.42 Å². The second-order valence-corrected chi connectivity index (χ2v) is 7.31. The van der Waals surface area contributed by atoms with Gasteiger partial charge in [0.25, 0.3) is 17.5 Å². The second kappa shape index (κ2) is 8.51. The molecule has 0 radical (unpaired) electrons. The molecule has 0 spiro atoms. The molecule has 1 aliphatic rings. The zero-order valence-corrected chi connectivity index (χ0v) is 16.9. The van der Waals surface area contributed by atoms with Gasteiger partial charge in [0.2, 0.25) is 0 Å². The molecule has 0 saturated heterocycles. The monoisotopic (exact) mass is 441 g/mol. The third kappa shape index (κ3) is 4.37. The van der Waals surface area contributed by atoms with Crippen LogP contribution in [0.1, 0.15) is 29.5 Å². The summed E-state index contributed by atoms with van der Waals surface area (Å²) < 4.78 is 0. The number of hydrogen-bond acceptors (Lipinski definition) is 7. The van der Waals surface area contributed by atoms with Crippen LogP contribution in [0.5, 0.6) is 0 Å². The molecule has 158 valence electrons. The van der Waals surface area contributed by atoms with Crippen molar-refractivity contribution in [2.45, 2.75) is 25.4 Å². The summed E-state index contributed by atoms with van der Waals surface area (Å²) in [4.78, 5) is 35.0. The first kappa shape index (κ1) is 21.9. The fourth-order valence-corrected chi connectivity index (χ4v) is 3.51. The maximum absolute atomic E-state index is 12.7. The fourth-order valence-electron chi connectivity index (χ4n) is 3.24. The zero-order valence-electron chi connectivity index (χ0n) is 16.2. The number of nitriles is 1. The van der Waals surface area contributed by atoms with Crippen LogP contribution in [0.25, 0.3) is 0 Å². The lowest BCUT2D eigenvalue weighted by Crippen LogP contribution is -2.37. The molecule has 1 atom stereocenters. The van der Waals surface area contributed by atoms with Crippen LogP contribution in [0, 0.1) is 28.4 Å². The number of nitrogens with one attached hydrogen (secondary N) is 2. The number of nitro benzene ring substituents is 1. The number of rotatable bonds is 6. The number of aliphatic hydroxyl groups is 1. The first-order valence-corrected chi connectivity index (χ1v) is 9.35. The highest BCUT2D eigenvalue weighted by molar-refractivity contribution is 6.31. The van der Waals surface area contributed by atoms with Crippen molar-refractivity contribution in [1.82, 2.24) is 5.43 Å². The minimum Gasteiger partial charge on any atom is -0.375 e. The summed E-state index contributed by atoms with van der Waals surface area (Å²) in [6, 6.07) is 10.1. The zero-order chi connectivity index (χ0) is 22.8. The number of aryl methyl sites for hydroxylation is 1. The van der Waals surface area contributed by atoms with Crippen molar-refractivity contribution in [3.8, 4) is 6.07 Å². The van der Waals surface area contributed by atoms with Crippen LogP contribution in [0.3, 0.4) is 0 Å². The maximum atomic E-state index is 12.7. The predicted octanol–water partition coefficient (Wildman–Crippen LogP) is 2.52. The van der Waals surface area contributed by atoms with Crippen molar-refractivity contribution in [3.05, 3.63) is 68.2 Å². The molecule has 2 amide bonds. The number of fused-ring (bicyclic) bond motifs is 1. The van der Waals surface area contributed by atoms with Gasteiger partial charge in [-0.05, 0) is 24.6 Å². The predicted molar refractivity (Wildman–Crippen MR) is 111 cm³/mol. The van der Waals surface area contributed by atoms with Gasteiger partial charge in [0.05, 0.1) is 22.4 Å². The van der Waals surface area contributed by atoms with E-state index < -0.39 is 35.2 Å². The summed E-state index contributed by atoms with van der Waals surface area (Å²) in [5.41, 5.74) is 1.32. The van der Waals surface area contributed by atoms with Gasteiger partial charge in [0, 0.05) is 34.7 Å². The largest absolute Gasteiger partial charge is 0.375 e. The molecule has 0 saturated carbocycles. The minimum absolute atomic E-state index is 0.00174. The average Bonchev–Trinajstić information content (AvgIpc) is 2.96. The van der Waals surface area contributed by atoms with Crippen LogP contribution in [0.15, 0.2) is 41.5 Å². The van der Waals surface area contributed by atoms with E-state index in [9.17, 15) is 24.8 Å². The van der Waals surface area contributed by atoms with Gasteiger partial charge in [-0.2, -0.15) is 10.4 Å².